The summed E-state index contributed by atoms with van der Waals surface area (Å²) < 4.78 is 10.9. The Morgan fingerprint density at radius 2 is 2.00 bits per heavy atom. The third kappa shape index (κ3) is 4.55. The molecule has 2 saturated heterocycles. The third-order valence-electron chi connectivity index (χ3n) is 4.97. The quantitative estimate of drug-likeness (QED) is 0.782. The summed E-state index contributed by atoms with van der Waals surface area (Å²) in [5.41, 5.74) is 1.90. The number of likely N-dealkylation sites (tertiary alicyclic amines) is 1. The molecule has 0 bridgehead atoms. The Bertz CT molecular complexity index is 502. The average Bonchev–Trinajstić information content (AvgIpc) is 3.11. The zero-order valence-corrected chi connectivity index (χ0v) is 14.0. The van der Waals surface area contributed by atoms with Gasteiger partial charge in [0.1, 0.15) is 6.10 Å². The molecular weight excluding hydrogens is 290 g/mol. The van der Waals surface area contributed by atoms with Crippen LogP contribution in [0.15, 0.2) is 24.3 Å². The molecule has 0 N–H and O–H groups in total. The standard InChI is InChI=1S/C19H27NO3/c1-15(18-9-12-22-14-18)23-19(21)17-7-5-16(6-8-17)13-20-10-3-2-4-11-20/h5-8,15,18H,2-4,9-14H2,1H3/t15-,18-/m1/s1. The molecular formula is C19H27NO3. The minimum atomic E-state index is -0.228. The van der Waals surface area contributed by atoms with E-state index in [1.807, 2.05) is 19.1 Å². The molecule has 0 radical (unpaired) electrons. The van der Waals surface area contributed by atoms with Crippen molar-refractivity contribution in [1.82, 2.24) is 4.90 Å². The molecule has 0 unspecified atom stereocenters. The molecule has 2 aliphatic rings. The molecule has 2 fully saturated rings. The Balaban J connectivity index is 1.52. The van der Waals surface area contributed by atoms with E-state index in [9.17, 15) is 4.79 Å². The fraction of sp³-hybridized carbons (Fsp3) is 0.632. The Morgan fingerprint density at radius 3 is 2.65 bits per heavy atom. The van der Waals surface area contributed by atoms with Crippen LogP contribution in [0.4, 0.5) is 0 Å². The number of benzene rings is 1. The van der Waals surface area contributed by atoms with E-state index < -0.39 is 0 Å². The van der Waals surface area contributed by atoms with Crippen molar-refractivity contribution < 1.29 is 14.3 Å². The van der Waals surface area contributed by atoms with Gasteiger partial charge < -0.3 is 9.47 Å². The van der Waals surface area contributed by atoms with Crippen LogP contribution in [0.2, 0.25) is 0 Å². The fourth-order valence-corrected chi connectivity index (χ4v) is 3.38. The summed E-state index contributed by atoms with van der Waals surface area (Å²) in [5.74, 6) is 0.103. The molecule has 0 saturated carbocycles. The van der Waals surface area contributed by atoms with Crippen LogP contribution in [0.1, 0.15) is 48.5 Å². The van der Waals surface area contributed by atoms with Gasteiger partial charge in [-0.2, -0.15) is 0 Å². The number of ether oxygens (including phenoxy) is 2. The molecule has 2 heterocycles. The van der Waals surface area contributed by atoms with Gasteiger partial charge in [0.2, 0.25) is 0 Å². The highest BCUT2D eigenvalue weighted by atomic mass is 16.5. The molecule has 4 heteroatoms. The van der Waals surface area contributed by atoms with Gasteiger partial charge >= 0.3 is 5.97 Å². The summed E-state index contributed by atoms with van der Waals surface area (Å²) in [7, 11) is 0. The molecule has 4 nitrogen and oxygen atoms in total. The smallest absolute Gasteiger partial charge is 0.338 e. The lowest BCUT2D eigenvalue weighted by atomic mass is 10.0. The molecule has 1 aromatic rings. The molecule has 3 rings (SSSR count). The van der Waals surface area contributed by atoms with Crippen molar-refractivity contribution in [2.24, 2.45) is 5.92 Å². The second kappa shape index (κ2) is 7.93. The highest BCUT2D eigenvalue weighted by Crippen LogP contribution is 2.20. The van der Waals surface area contributed by atoms with Crippen molar-refractivity contribution in [3.63, 3.8) is 0 Å². The third-order valence-corrected chi connectivity index (χ3v) is 4.97. The van der Waals surface area contributed by atoms with E-state index in [2.05, 4.69) is 17.0 Å². The van der Waals surface area contributed by atoms with Gasteiger partial charge in [-0.25, -0.2) is 4.79 Å². The largest absolute Gasteiger partial charge is 0.459 e. The van der Waals surface area contributed by atoms with E-state index in [0.29, 0.717) is 18.1 Å². The van der Waals surface area contributed by atoms with Crippen molar-refractivity contribution in [1.29, 1.82) is 0 Å². The van der Waals surface area contributed by atoms with Gasteiger partial charge in [0.25, 0.3) is 0 Å². The number of nitrogens with zero attached hydrogens (tertiary/aromatic N) is 1. The molecule has 23 heavy (non-hydrogen) atoms. The summed E-state index contributed by atoms with van der Waals surface area (Å²) in [6.45, 7) is 6.78. The van der Waals surface area contributed by atoms with Crippen molar-refractivity contribution in [2.45, 2.75) is 45.3 Å². The summed E-state index contributed by atoms with van der Waals surface area (Å²) in [6, 6.07) is 7.88. The number of rotatable bonds is 5. The lowest BCUT2D eigenvalue weighted by molar-refractivity contribution is 0.0180. The normalized spacial score (nSPS) is 23.6. The van der Waals surface area contributed by atoms with Gasteiger partial charge in [-0.05, 0) is 57.0 Å². The van der Waals surface area contributed by atoms with Crippen LogP contribution in [-0.2, 0) is 16.0 Å². The fourth-order valence-electron chi connectivity index (χ4n) is 3.38. The first-order valence-corrected chi connectivity index (χ1v) is 8.82. The van der Waals surface area contributed by atoms with Crippen LogP contribution < -0.4 is 0 Å². The Labute approximate surface area is 138 Å². The molecule has 0 aliphatic carbocycles. The summed E-state index contributed by atoms with van der Waals surface area (Å²) >= 11 is 0. The van der Waals surface area contributed by atoms with Crippen LogP contribution in [0.25, 0.3) is 0 Å². The van der Waals surface area contributed by atoms with Crippen LogP contribution in [0.5, 0.6) is 0 Å². The maximum atomic E-state index is 12.2. The number of hydrogen-bond donors (Lipinski definition) is 0. The number of esters is 1. The highest BCUT2D eigenvalue weighted by Gasteiger charge is 2.25. The molecule has 2 atom stereocenters. The highest BCUT2D eigenvalue weighted by molar-refractivity contribution is 5.89. The van der Waals surface area contributed by atoms with E-state index in [4.69, 9.17) is 9.47 Å². The number of piperidine rings is 1. The zero-order chi connectivity index (χ0) is 16.1. The second-order valence-electron chi connectivity index (χ2n) is 6.77. The van der Waals surface area contributed by atoms with Gasteiger partial charge in [0.15, 0.2) is 0 Å². The molecule has 0 aromatic heterocycles. The Kier molecular flexibility index (Phi) is 5.68. The summed E-state index contributed by atoms with van der Waals surface area (Å²) in [4.78, 5) is 14.7. The minimum Gasteiger partial charge on any atom is -0.459 e. The molecule has 126 valence electrons. The van der Waals surface area contributed by atoms with Crippen molar-refractivity contribution in [3.05, 3.63) is 35.4 Å². The first-order chi connectivity index (χ1) is 11.2. The summed E-state index contributed by atoms with van der Waals surface area (Å²) in [6.07, 6.45) is 4.84. The number of carbonyl (C=O) groups excluding carboxylic acids is 1. The van der Waals surface area contributed by atoms with E-state index in [1.54, 1.807) is 0 Å². The van der Waals surface area contributed by atoms with Crippen molar-refractivity contribution in [3.8, 4) is 0 Å². The van der Waals surface area contributed by atoms with Crippen LogP contribution in [-0.4, -0.2) is 43.3 Å². The van der Waals surface area contributed by atoms with Gasteiger partial charge in [0.05, 0.1) is 12.2 Å². The van der Waals surface area contributed by atoms with Gasteiger partial charge in [0, 0.05) is 19.1 Å². The Morgan fingerprint density at radius 1 is 1.26 bits per heavy atom. The topological polar surface area (TPSA) is 38.8 Å². The van der Waals surface area contributed by atoms with Crippen molar-refractivity contribution >= 4 is 5.97 Å². The Hall–Kier alpha value is -1.39. The summed E-state index contributed by atoms with van der Waals surface area (Å²) in [5, 5.41) is 0. The van der Waals surface area contributed by atoms with Crippen LogP contribution in [0.3, 0.4) is 0 Å². The van der Waals surface area contributed by atoms with Crippen LogP contribution >= 0.6 is 0 Å². The predicted molar refractivity (Wildman–Crippen MR) is 89.4 cm³/mol. The maximum absolute atomic E-state index is 12.2. The van der Waals surface area contributed by atoms with E-state index >= 15 is 0 Å². The van der Waals surface area contributed by atoms with E-state index in [1.165, 1.54) is 37.9 Å². The van der Waals surface area contributed by atoms with Gasteiger partial charge in [-0.3, -0.25) is 4.90 Å². The van der Waals surface area contributed by atoms with E-state index in [-0.39, 0.29) is 12.1 Å². The first kappa shape index (κ1) is 16.5. The number of carbonyl (C=O) groups is 1. The SMILES string of the molecule is C[C@@H](OC(=O)c1ccc(CN2CCCCC2)cc1)[C@@H]1CCOC1. The monoisotopic (exact) mass is 317 g/mol. The van der Waals surface area contributed by atoms with Gasteiger partial charge in [-0.1, -0.05) is 18.6 Å². The molecule has 2 aliphatic heterocycles. The predicted octanol–water partition coefficient (Wildman–Crippen LogP) is 3.25. The van der Waals surface area contributed by atoms with Gasteiger partial charge in [-0.15, -0.1) is 0 Å². The zero-order valence-electron chi connectivity index (χ0n) is 14.0. The maximum Gasteiger partial charge on any atom is 0.338 e. The first-order valence-electron chi connectivity index (χ1n) is 8.82. The lowest BCUT2D eigenvalue weighted by Gasteiger charge is -2.26. The molecule has 1 aromatic carbocycles. The molecule has 0 spiro atoms. The second-order valence-corrected chi connectivity index (χ2v) is 6.77. The van der Waals surface area contributed by atoms with Crippen LogP contribution in [0, 0.1) is 5.92 Å². The lowest BCUT2D eigenvalue weighted by Crippen LogP contribution is -2.29. The van der Waals surface area contributed by atoms with Crippen molar-refractivity contribution in [2.75, 3.05) is 26.3 Å². The minimum absolute atomic E-state index is 0.0852. The average molecular weight is 317 g/mol. The number of hydrogen-bond acceptors (Lipinski definition) is 4. The molecule has 0 amide bonds. The van der Waals surface area contributed by atoms with E-state index in [0.717, 1.165) is 19.6 Å².